The van der Waals surface area contributed by atoms with Gasteiger partial charge in [0.25, 0.3) is 5.69 Å². The van der Waals surface area contributed by atoms with Gasteiger partial charge in [0, 0.05) is 31.3 Å². The minimum Gasteiger partial charge on any atom is -0.315 e. The molecule has 1 aromatic carbocycles. The summed E-state index contributed by atoms with van der Waals surface area (Å²) in [6.45, 7) is 3.19. The van der Waals surface area contributed by atoms with Crippen molar-refractivity contribution in [2.45, 2.75) is 25.3 Å². The lowest BCUT2D eigenvalue weighted by Gasteiger charge is -2.31. The molecule has 1 heterocycles. The normalized spacial score (nSPS) is 19.6. The quantitative estimate of drug-likeness (QED) is 0.650. The van der Waals surface area contributed by atoms with Crippen LogP contribution in [0.5, 0.6) is 0 Å². The molecule has 1 fully saturated rings. The van der Waals surface area contributed by atoms with E-state index >= 15 is 0 Å². The van der Waals surface area contributed by atoms with Gasteiger partial charge in [-0.3, -0.25) is 10.1 Å². The molecule has 1 aliphatic heterocycles. The second kappa shape index (κ2) is 6.63. The number of nitro benzene ring substituents is 1. The topological polar surface area (TPSA) is 58.4 Å². The largest absolute Gasteiger partial charge is 0.315 e. The number of non-ortho nitro benzene ring substituents is 1. The molecule has 1 unspecified atom stereocenters. The van der Waals surface area contributed by atoms with Crippen molar-refractivity contribution in [1.29, 1.82) is 0 Å². The van der Waals surface area contributed by atoms with Crippen LogP contribution in [0.1, 0.15) is 18.4 Å². The Balaban J connectivity index is 1.82. The van der Waals surface area contributed by atoms with Crippen molar-refractivity contribution in [3.63, 3.8) is 0 Å². The fraction of sp³-hybridized carbons (Fsp3) is 0.571. The molecule has 19 heavy (non-hydrogen) atoms. The second-order valence-electron chi connectivity index (χ2n) is 5.15. The zero-order valence-corrected chi connectivity index (χ0v) is 11.3. The average molecular weight is 263 g/mol. The van der Waals surface area contributed by atoms with E-state index in [2.05, 4.69) is 17.3 Å². The fourth-order valence-corrected chi connectivity index (χ4v) is 2.48. The first-order valence-electron chi connectivity index (χ1n) is 6.81. The van der Waals surface area contributed by atoms with Crippen LogP contribution in [-0.2, 0) is 6.42 Å². The van der Waals surface area contributed by atoms with Crippen LogP contribution < -0.4 is 5.32 Å². The molecule has 5 heteroatoms. The van der Waals surface area contributed by atoms with Gasteiger partial charge in [0.1, 0.15) is 0 Å². The maximum absolute atomic E-state index is 10.6. The minimum atomic E-state index is -0.358. The third-order valence-corrected chi connectivity index (χ3v) is 3.79. The van der Waals surface area contributed by atoms with Gasteiger partial charge in [0.2, 0.25) is 0 Å². The average Bonchev–Trinajstić information content (AvgIpc) is 2.46. The van der Waals surface area contributed by atoms with E-state index in [1.807, 2.05) is 12.1 Å². The van der Waals surface area contributed by atoms with E-state index in [1.165, 1.54) is 12.8 Å². The Morgan fingerprint density at radius 2 is 2.16 bits per heavy atom. The highest BCUT2D eigenvalue weighted by atomic mass is 16.6. The lowest BCUT2D eigenvalue weighted by atomic mass is 10.1. The van der Waals surface area contributed by atoms with Crippen molar-refractivity contribution in [2.75, 3.05) is 26.7 Å². The summed E-state index contributed by atoms with van der Waals surface area (Å²) >= 11 is 0. The van der Waals surface area contributed by atoms with Crippen LogP contribution >= 0.6 is 0 Å². The minimum absolute atomic E-state index is 0.161. The van der Waals surface area contributed by atoms with Crippen molar-refractivity contribution < 1.29 is 4.92 Å². The van der Waals surface area contributed by atoms with E-state index < -0.39 is 0 Å². The molecule has 1 saturated heterocycles. The van der Waals surface area contributed by atoms with Gasteiger partial charge < -0.3 is 10.2 Å². The summed E-state index contributed by atoms with van der Waals surface area (Å²) in [5.41, 5.74) is 1.31. The van der Waals surface area contributed by atoms with E-state index in [0.717, 1.165) is 31.6 Å². The molecule has 0 radical (unpaired) electrons. The van der Waals surface area contributed by atoms with Gasteiger partial charge >= 0.3 is 0 Å². The molecule has 0 aromatic heterocycles. The van der Waals surface area contributed by atoms with Gasteiger partial charge in [-0.2, -0.15) is 0 Å². The smallest absolute Gasteiger partial charge is 0.269 e. The molecule has 1 N–H and O–H groups in total. The van der Waals surface area contributed by atoms with Gasteiger partial charge in [0.15, 0.2) is 0 Å². The predicted octanol–water partition coefficient (Wildman–Crippen LogP) is 1.82. The molecule has 0 bridgehead atoms. The van der Waals surface area contributed by atoms with E-state index in [1.54, 1.807) is 12.1 Å². The van der Waals surface area contributed by atoms with Crippen LogP contribution in [-0.4, -0.2) is 42.5 Å². The molecule has 104 valence electrons. The SMILES string of the molecule is CN(CCc1ccc([N+](=O)[O-])cc1)C1CCCNC1. The van der Waals surface area contributed by atoms with Gasteiger partial charge in [-0.15, -0.1) is 0 Å². The maximum Gasteiger partial charge on any atom is 0.269 e. The summed E-state index contributed by atoms with van der Waals surface area (Å²) in [6.07, 6.45) is 3.43. The van der Waals surface area contributed by atoms with Gasteiger partial charge in [-0.25, -0.2) is 0 Å². The molecule has 1 aliphatic rings. The number of benzene rings is 1. The summed E-state index contributed by atoms with van der Waals surface area (Å²) in [5, 5.41) is 14.0. The van der Waals surface area contributed by atoms with Crippen LogP contribution in [0.2, 0.25) is 0 Å². The number of likely N-dealkylation sites (N-methyl/N-ethyl adjacent to an activating group) is 1. The summed E-state index contributed by atoms with van der Waals surface area (Å²) in [7, 11) is 2.16. The molecular formula is C14H21N3O2. The van der Waals surface area contributed by atoms with E-state index in [0.29, 0.717) is 6.04 Å². The van der Waals surface area contributed by atoms with Crippen molar-refractivity contribution in [1.82, 2.24) is 10.2 Å². The van der Waals surface area contributed by atoms with Crippen molar-refractivity contribution in [2.24, 2.45) is 0 Å². The first kappa shape index (κ1) is 14.0. The van der Waals surface area contributed by atoms with Gasteiger partial charge in [-0.1, -0.05) is 12.1 Å². The van der Waals surface area contributed by atoms with Crippen molar-refractivity contribution >= 4 is 5.69 Å². The summed E-state index contributed by atoms with van der Waals surface area (Å²) in [5.74, 6) is 0. The Hall–Kier alpha value is -1.46. The number of rotatable bonds is 5. The first-order valence-corrected chi connectivity index (χ1v) is 6.81. The van der Waals surface area contributed by atoms with Gasteiger partial charge in [-0.05, 0) is 38.4 Å². The van der Waals surface area contributed by atoms with Crippen LogP contribution in [0.4, 0.5) is 5.69 Å². The Morgan fingerprint density at radius 1 is 1.42 bits per heavy atom. The monoisotopic (exact) mass is 263 g/mol. The molecule has 0 aliphatic carbocycles. The fourth-order valence-electron chi connectivity index (χ4n) is 2.48. The lowest BCUT2D eigenvalue weighted by molar-refractivity contribution is -0.384. The van der Waals surface area contributed by atoms with E-state index in [9.17, 15) is 10.1 Å². The zero-order valence-electron chi connectivity index (χ0n) is 11.3. The van der Waals surface area contributed by atoms with E-state index in [-0.39, 0.29) is 10.6 Å². The highest BCUT2D eigenvalue weighted by molar-refractivity contribution is 5.32. The Labute approximate surface area is 113 Å². The molecule has 0 amide bonds. The van der Waals surface area contributed by atoms with Gasteiger partial charge in [0.05, 0.1) is 4.92 Å². The highest BCUT2D eigenvalue weighted by Gasteiger charge is 2.17. The number of hydrogen-bond donors (Lipinski definition) is 1. The summed E-state index contributed by atoms with van der Waals surface area (Å²) in [4.78, 5) is 12.6. The summed E-state index contributed by atoms with van der Waals surface area (Å²) < 4.78 is 0. The predicted molar refractivity (Wildman–Crippen MR) is 75.3 cm³/mol. The molecule has 1 aromatic rings. The molecule has 1 atom stereocenters. The zero-order chi connectivity index (χ0) is 13.7. The number of nitro groups is 1. The third kappa shape index (κ3) is 4.01. The third-order valence-electron chi connectivity index (χ3n) is 3.79. The number of nitrogens with one attached hydrogen (secondary N) is 1. The van der Waals surface area contributed by atoms with Crippen molar-refractivity contribution in [3.8, 4) is 0 Å². The number of hydrogen-bond acceptors (Lipinski definition) is 4. The number of nitrogens with zero attached hydrogens (tertiary/aromatic N) is 2. The molecule has 2 rings (SSSR count). The lowest BCUT2D eigenvalue weighted by Crippen LogP contribution is -2.44. The van der Waals surface area contributed by atoms with E-state index in [4.69, 9.17) is 0 Å². The van der Waals surface area contributed by atoms with Crippen molar-refractivity contribution in [3.05, 3.63) is 39.9 Å². The van der Waals surface area contributed by atoms with Crippen LogP contribution in [0.3, 0.4) is 0 Å². The van der Waals surface area contributed by atoms with Crippen LogP contribution in [0, 0.1) is 10.1 Å². The van der Waals surface area contributed by atoms with Crippen LogP contribution in [0.25, 0.3) is 0 Å². The van der Waals surface area contributed by atoms with Crippen LogP contribution in [0.15, 0.2) is 24.3 Å². The molecule has 5 nitrogen and oxygen atoms in total. The number of piperidine rings is 1. The summed E-state index contributed by atoms with van der Waals surface area (Å²) in [6, 6.07) is 7.48. The molecule has 0 spiro atoms. The Morgan fingerprint density at radius 3 is 2.74 bits per heavy atom. The standard InChI is InChI=1S/C14H21N3O2/c1-16(14-3-2-9-15-11-14)10-8-12-4-6-13(7-5-12)17(18)19/h4-7,14-15H,2-3,8-11H2,1H3. The second-order valence-corrected chi connectivity index (χ2v) is 5.15. The first-order chi connectivity index (χ1) is 9.16. The maximum atomic E-state index is 10.6. The Kier molecular flexibility index (Phi) is 4.87. The molecule has 0 saturated carbocycles. The molecular weight excluding hydrogens is 242 g/mol. The highest BCUT2D eigenvalue weighted by Crippen LogP contribution is 2.14. The Bertz CT molecular complexity index is 413.